The summed E-state index contributed by atoms with van der Waals surface area (Å²) >= 11 is 0. The van der Waals surface area contributed by atoms with Crippen molar-refractivity contribution >= 4 is 18.3 Å². The Morgan fingerprint density at radius 2 is 1.95 bits per heavy atom. The van der Waals surface area contributed by atoms with E-state index in [1.165, 1.54) is 0 Å². The molecule has 0 bridgehead atoms. The van der Waals surface area contributed by atoms with E-state index in [1.54, 1.807) is 19.1 Å². The maximum absolute atomic E-state index is 11.8. The van der Waals surface area contributed by atoms with Crippen molar-refractivity contribution in [3.63, 3.8) is 0 Å². The van der Waals surface area contributed by atoms with Crippen LogP contribution in [0.1, 0.15) is 6.42 Å². The van der Waals surface area contributed by atoms with Crippen LogP contribution in [0.5, 0.6) is 11.5 Å². The second-order valence-electron chi connectivity index (χ2n) is 4.17. The predicted octanol–water partition coefficient (Wildman–Crippen LogP) is 1.56. The van der Waals surface area contributed by atoms with Gasteiger partial charge in [-0.05, 0) is 19.2 Å². The van der Waals surface area contributed by atoms with Gasteiger partial charge in [-0.3, -0.25) is 4.79 Å². The smallest absolute Gasteiger partial charge is 0.225 e. The summed E-state index contributed by atoms with van der Waals surface area (Å²) in [6, 6.07) is 7.41. The first-order chi connectivity index (χ1) is 9.19. The van der Waals surface area contributed by atoms with Gasteiger partial charge in [-0.1, -0.05) is 12.1 Å². The molecule has 0 saturated heterocycles. The highest BCUT2D eigenvalue weighted by molar-refractivity contribution is 5.85. The van der Waals surface area contributed by atoms with Gasteiger partial charge in [0.1, 0.15) is 0 Å². The molecular weight excluding hydrogens is 280 g/mol. The third kappa shape index (κ3) is 6.12. The number of carbonyl (C=O) groups is 1. The van der Waals surface area contributed by atoms with Gasteiger partial charge in [0.2, 0.25) is 5.91 Å². The number of carbonyl (C=O) groups excluding carboxylic acids is 1. The summed E-state index contributed by atoms with van der Waals surface area (Å²) in [5, 5.41) is 3.01. The molecule has 0 saturated carbocycles. The van der Waals surface area contributed by atoms with Gasteiger partial charge >= 0.3 is 0 Å². The van der Waals surface area contributed by atoms with Gasteiger partial charge in [0.25, 0.3) is 0 Å². The van der Waals surface area contributed by atoms with E-state index in [0.717, 1.165) is 6.54 Å². The number of ether oxygens (including phenoxy) is 2. The average molecular weight is 303 g/mol. The fourth-order valence-electron chi connectivity index (χ4n) is 1.58. The first-order valence-electron chi connectivity index (χ1n) is 6.33. The topological polar surface area (TPSA) is 50.8 Å². The maximum Gasteiger partial charge on any atom is 0.225 e. The Balaban J connectivity index is 0.00000361. The van der Waals surface area contributed by atoms with Crippen LogP contribution in [0.3, 0.4) is 0 Å². The molecule has 0 radical (unpaired) electrons. The summed E-state index contributed by atoms with van der Waals surface area (Å²) in [5.41, 5.74) is 0. The molecule has 0 aliphatic carbocycles. The normalized spacial score (nSPS) is 9.55. The van der Waals surface area contributed by atoms with Crippen LogP contribution < -0.4 is 14.8 Å². The molecule has 20 heavy (non-hydrogen) atoms. The van der Waals surface area contributed by atoms with E-state index in [1.807, 2.05) is 31.3 Å². The molecule has 0 aromatic heterocycles. The third-order valence-electron chi connectivity index (χ3n) is 2.77. The summed E-state index contributed by atoms with van der Waals surface area (Å²) < 4.78 is 10.7. The highest BCUT2D eigenvalue weighted by Gasteiger charge is 2.09. The van der Waals surface area contributed by atoms with Gasteiger partial charge in [-0.25, -0.2) is 0 Å². The maximum atomic E-state index is 11.8. The molecule has 1 aromatic rings. The lowest BCUT2D eigenvalue weighted by Crippen LogP contribution is -2.33. The SMILES string of the molecule is CNCCN(C)C(=O)CCOc1ccccc1OC.Cl. The third-order valence-corrected chi connectivity index (χ3v) is 2.77. The van der Waals surface area contributed by atoms with Crippen LogP contribution in [0.2, 0.25) is 0 Å². The molecule has 1 N–H and O–H groups in total. The van der Waals surface area contributed by atoms with Crippen molar-refractivity contribution in [1.82, 2.24) is 10.2 Å². The summed E-state index contributed by atoms with van der Waals surface area (Å²) in [5.74, 6) is 1.42. The number of para-hydroxylation sites is 2. The molecule has 1 amide bonds. The number of hydrogen-bond donors (Lipinski definition) is 1. The van der Waals surface area contributed by atoms with Crippen LogP contribution in [0.4, 0.5) is 0 Å². The van der Waals surface area contributed by atoms with Crippen LogP contribution in [-0.2, 0) is 4.79 Å². The fraction of sp³-hybridized carbons (Fsp3) is 0.500. The number of halogens is 1. The van der Waals surface area contributed by atoms with E-state index in [9.17, 15) is 4.79 Å². The van der Waals surface area contributed by atoms with E-state index in [2.05, 4.69) is 5.32 Å². The number of hydrogen-bond acceptors (Lipinski definition) is 4. The Labute approximate surface area is 126 Å². The Bertz CT molecular complexity index is 402. The largest absolute Gasteiger partial charge is 0.493 e. The summed E-state index contributed by atoms with van der Waals surface area (Å²) in [7, 11) is 5.25. The Morgan fingerprint density at radius 3 is 2.55 bits per heavy atom. The minimum absolute atomic E-state index is 0. The van der Waals surface area contributed by atoms with E-state index in [-0.39, 0.29) is 18.3 Å². The lowest BCUT2D eigenvalue weighted by molar-refractivity contribution is -0.130. The molecule has 1 rings (SSSR count). The second-order valence-corrected chi connectivity index (χ2v) is 4.17. The number of likely N-dealkylation sites (N-methyl/N-ethyl adjacent to an activating group) is 2. The molecule has 0 fully saturated rings. The zero-order valence-corrected chi connectivity index (χ0v) is 13.0. The number of rotatable bonds is 8. The van der Waals surface area contributed by atoms with Crippen molar-refractivity contribution in [1.29, 1.82) is 0 Å². The van der Waals surface area contributed by atoms with Crippen molar-refractivity contribution in [2.24, 2.45) is 0 Å². The average Bonchev–Trinajstić information content (AvgIpc) is 2.45. The van der Waals surface area contributed by atoms with Gasteiger partial charge < -0.3 is 19.7 Å². The van der Waals surface area contributed by atoms with Crippen molar-refractivity contribution in [2.45, 2.75) is 6.42 Å². The standard InChI is InChI=1S/C14H22N2O3.ClH/c1-15-9-10-16(2)14(17)8-11-19-13-7-5-4-6-12(13)18-3;/h4-7,15H,8-11H2,1-3H3;1H. The highest BCUT2D eigenvalue weighted by Crippen LogP contribution is 2.25. The summed E-state index contributed by atoms with van der Waals surface area (Å²) in [4.78, 5) is 13.5. The van der Waals surface area contributed by atoms with Crippen molar-refractivity contribution in [3.8, 4) is 11.5 Å². The Kier molecular flexibility index (Phi) is 9.59. The van der Waals surface area contributed by atoms with Crippen molar-refractivity contribution < 1.29 is 14.3 Å². The van der Waals surface area contributed by atoms with Crippen molar-refractivity contribution in [3.05, 3.63) is 24.3 Å². The van der Waals surface area contributed by atoms with Gasteiger partial charge in [0.05, 0.1) is 20.1 Å². The number of methoxy groups -OCH3 is 1. The van der Waals surface area contributed by atoms with Crippen LogP contribution in [0.25, 0.3) is 0 Å². The lowest BCUT2D eigenvalue weighted by atomic mass is 10.3. The highest BCUT2D eigenvalue weighted by atomic mass is 35.5. The molecule has 1 aromatic carbocycles. The van der Waals surface area contributed by atoms with Crippen LogP contribution in [-0.4, -0.2) is 51.7 Å². The molecule has 0 atom stereocenters. The molecule has 0 unspecified atom stereocenters. The Morgan fingerprint density at radius 1 is 1.30 bits per heavy atom. The molecular formula is C14H23ClN2O3. The Hall–Kier alpha value is -1.46. The van der Waals surface area contributed by atoms with Gasteiger partial charge in [-0.2, -0.15) is 0 Å². The number of benzene rings is 1. The minimum atomic E-state index is 0. The van der Waals surface area contributed by atoms with Gasteiger partial charge in [0.15, 0.2) is 11.5 Å². The zero-order chi connectivity index (χ0) is 14.1. The number of amides is 1. The van der Waals surface area contributed by atoms with E-state index in [4.69, 9.17) is 9.47 Å². The van der Waals surface area contributed by atoms with Gasteiger partial charge in [0, 0.05) is 20.1 Å². The molecule has 6 heteroatoms. The molecule has 0 heterocycles. The molecule has 5 nitrogen and oxygen atoms in total. The van der Waals surface area contributed by atoms with Crippen molar-refractivity contribution in [2.75, 3.05) is 40.9 Å². The lowest BCUT2D eigenvalue weighted by Gasteiger charge is -2.17. The quantitative estimate of drug-likeness (QED) is 0.792. The fourth-order valence-corrected chi connectivity index (χ4v) is 1.58. The summed E-state index contributed by atoms with van der Waals surface area (Å²) in [6.07, 6.45) is 0.359. The number of nitrogens with one attached hydrogen (secondary N) is 1. The first-order valence-corrected chi connectivity index (χ1v) is 6.33. The minimum Gasteiger partial charge on any atom is -0.493 e. The van der Waals surface area contributed by atoms with Gasteiger partial charge in [-0.15, -0.1) is 12.4 Å². The summed E-state index contributed by atoms with van der Waals surface area (Å²) in [6.45, 7) is 1.84. The van der Waals surface area contributed by atoms with Crippen LogP contribution in [0.15, 0.2) is 24.3 Å². The molecule has 0 aliphatic heterocycles. The van der Waals surface area contributed by atoms with E-state index >= 15 is 0 Å². The first kappa shape index (κ1) is 18.5. The van der Waals surface area contributed by atoms with Crippen LogP contribution >= 0.6 is 12.4 Å². The van der Waals surface area contributed by atoms with E-state index < -0.39 is 0 Å². The zero-order valence-electron chi connectivity index (χ0n) is 12.2. The number of nitrogens with zero attached hydrogens (tertiary/aromatic N) is 1. The monoisotopic (exact) mass is 302 g/mol. The molecule has 114 valence electrons. The predicted molar refractivity (Wildman–Crippen MR) is 81.9 cm³/mol. The van der Waals surface area contributed by atoms with E-state index in [0.29, 0.717) is 31.1 Å². The van der Waals surface area contributed by atoms with Crippen LogP contribution in [0, 0.1) is 0 Å². The second kappa shape index (κ2) is 10.3. The molecule has 0 aliphatic rings. The molecule has 0 spiro atoms.